The van der Waals surface area contributed by atoms with E-state index in [9.17, 15) is 14.4 Å². The summed E-state index contributed by atoms with van der Waals surface area (Å²) < 4.78 is 0. The summed E-state index contributed by atoms with van der Waals surface area (Å²) in [6.07, 6.45) is 3.60. The predicted molar refractivity (Wildman–Crippen MR) is 108 cm³/mol. The summed E-state index contributed by atoms with van der Waals surface area (Å²) in [7, 11) is 0. The summed E-state index contributed by atoms with van der Waals surface area (Å²) in [5.74, 6) is -0.755. The van der Waals surface area contributed by atoms with Crippen molar-refractivity contribution in [3.05, 3.63) is 59.2 Å². The van der Waals surface area contributed by atoms with Gasteiger partial charge >= 0.3 is 0 Å². The highest BCUT2D eigenvalue weighted by molar-refractivity contribution is 6.22. The number of carbonyl (C=O) groups is 3. The van der Waals surface area contributed by atoms with E-state index in [1.165, 1.54) is 10.5 Å². The van der Waals surface area contributed by atoms with E-state index < -0.39 is 0 Å². The van der Waals surface area contributed by atoms with Crippen LogP contribution in [-0.2, 0) is 9.59 Å². The van der Waals surface area contributed by atoms with Gasteiger partial charge in [-0.25, -0.2) is 0 Å². The highest BCUT2D eigenvalue weighted by Crippen LogP contribution is 2.40. The van der Waals surface area contributed by atoms with Gasteiger partial charge in [-0.3, -0.25) is 19.3 Å². The third-order valence-electron chi connectivity index (χ3n) is 5.99. The minimum absolute atomic E-state index is 0.0953. The molecule has 0 radical (unpaired) electrons. The summed E-state index contributed by atoms with van der Waals surface area (Å²) >= 11 is 0. The maximum atomic E-state index is 12.7. The molecule has 144 valence electrons. The van der Waals surface area contributed by atoms with Gasteiger partial charge < -0.3 is 5.32 Å². The molecule has 3 amide bonds. The molecule has 1 aliphatic heterocycles. The normalized spacial score (nSPS) is 21.6. The summed E-state index contributed by atoms with van der Waals surface area (Å²) in [5, 5.41) is 2.89. The molecule has 2 atom stereocenters. The van der Waals surface area contributed by atoms with Crippen molar-refractivity contribution in [2.45, 2.75) is 39.5 Å². The maximum Gasteiger partial charge on any atom is 0.255 e. The van der Waals surface area contributed by atoms with Gasteiger partial charge in [0.15, 0.2) is 0 Å². The maximum absolute atomic E-state index is 12.7. The van der Waals surface area contributed by atoms with Gasteiger partial charge in [-0.2, -0.15) is 0 Å². The van der Waals surface area contributed by atoms with Crippen molar-refractivity contribution in [3.63, 3.8) is 0 Å². The van der Waals surface area contributed by atoms with Gasteiger partial charge in [0.05, 0.1) is 17.5 Å². The number of fused-ring (bicyclic) bond motifs is 1. The summed E-state index contributed by atoms with van der Waals surface area (Å²) in [6.45, 7) is 4.03. The first kappa shape index (κ1) is 18.4. The molecule has 1 N–H and O–H groups in total. The summed E-state index contributed by atoms with van der Waals surface area (Å²) in [6, 6.07) is 12.5. The molecule has 2 unspecified atom stereocenters. The highest BCUT2D eigenvalue weighted by atomic mass is 16.2. The van der Waals surface area contributed by atoms with Crippen molar-refractivity contribution in [3.8, 4) is 0 Å². The van der Waals surface area contributed by atoms with Gasteiger partial charge in [-0.15, -0.1) is 0 Å². The molecule has 0 aromatic heterocycles. The number of rotatable bonds is 3. The molecule has 2 fully saturated rings. The topological polar surface area (TPSA) is 66.5 Å². The second kappa shape index (κ2) is 7.23. The Hall–Kier alpha value is -2.95. The molecule has 1 saturated heterocycles. The molecule has 0 bridgehead atoms. The molecular formula is C23H24N2O3. The van der Waals surface area contributed by atoms with Gasteiger partial charge in [0.25, 0.3) is 5.91 Å². The second-order valence-corrected chi connectivity index (χ2v) is 7.81. The van der Waals surface area contributed by atoms with Crippen LogP contribution in [0.25, 0.3) is 0 Å². The number of hydrogen-bond acceptors (Lipinski definition) is 3. The molecule has 5 heteroatoms. The molecule has 2 aromatic carbocycles. The first-order valence-corrected chi connectivity index (χ1v) is 9.82. The minimum atomic E-state index is -0.220. The van der Waals surface area contributed by atoms with E-state index in [1.807, 2.05) is 32.0 Å². The lowest BCUT2D eigenvalue weighted by Gasteiger charge is -2.19. The molecule has 28 heavy (non-hydrogen) atoms. The third kappa shape index (κ3) is 3.21. The zero-order valence-electron chi connectivity index (χ0n) is 16.2. The minimum Gasteiger partial charge on any atom is -0.322 e. The second-order valence-electron chi connectivity index (χ2n) is 7.81. The number of nitrogens with zero attached hydrogens (tertiary/aromatic N) is 1. The van der Waals surface area contributed by atoms with Crippen LogP contribution in [0.3, 0.4) is 0 Å². The number of anilines is 2. The lowest BCUT2D eigenvalue weighted by atomic mass is 9.81. The zero-order valence-corrected chi connectivity index (χ0v) is 16.2. The first-order valence-electron chi connectivity index (χ1n) is 9.82. The van der Waals surface area contributed by atoms with Crippen molar-refractivity contribution in [2.75, 3.05) is 10.2 Å². The molecule has 2 aliphatic rings. The van der Waals surface area contributed by atoms with Gasteiger partial charge in [0.2, 0.25) is 11.8 Å². The standard InChI is InChI=1S/C23H24N2O3/c1-14-7-10-17(13-15(14)2)24-21(26)16-8-11-18(12-9-16)25-22(27)19-5-3-4-6-20(19)23(25)28/h7-13,19-20H,3-6H2,1-2H3,(H,24,26). The smallest absolute Gasteiger partial charge is 0.255 e. The van der Waals surface area contributed by atoms with Crippen LogP contribution >= 0.6 is 0 Å². The molecular weight excluding hydrogens is 352 g/mol. The molecule has 1 heterocycles. The quantitative estimate of drug-likeness (QED) is 0.815. The number of benzene rings is 2. The molecule has 4 rings (SSSR count). The van der Waals surface area contributed by atoms with Crippen molar-refractivity contribution in [1.29, 1.82) is 0 Å². The van der Waals surface area contributed by atoms with E-state index in [4.69, 9.17) is 0 Å². The highest BCUT2D eigenvalue weighted by Gasteiger charge is 2.48. The predicted octanol–water partition coefficient (Wildman–Crippen LogP) is 4.24. The van der Waals surface area contributed by atoms with Crippen LogP contribution in [0.2, 0.25) is 0 Å². The Morgan fingerprint density at radius 1 is 0.893 bits per heavy atom. The fourth-order valence-corrected chi connectivity index (χ4v) is 4.20. The zero-order chi connectivity index (χ0) is 19.8. The van der Waals surface area contributed by atoms with Gasteiger partial charge in [0, 0.05) is 11.3 Å². The number of amides is 3. The van der Waals surface area contributed by atoms with E-state index in [-0.39, 0.29) is 29.6 Å². The Bertz CT molecular complexity index is 925. The lowest BCUT2D eigenvalue weighted by Crippen LogP contribution is -2.30. The van der Waals surface area contributed by atoms with Crippen LogP contribution in [0.15, 0.2) is 42.5 Å². The van der Waals surface area contributed by atoms with Gasteiger partial charge in [-0.05, 0) is 74.2 Å². The van der Waals surface area contributed by atoms with Gasteiger partial charge in [0.1, 0.15) is 0 Å². The largest absolute Gasteiger partial charge is 0.322 e. The lowest BCUT2D eigenvalue weighted by molar-refractivity contribution is -0.122. The van der Waals surface area contributed by atoms with E-state index in [2.05, 4.69) is 5.32 Å². The van der Waals surface area contributed by atoms with Crippen LogP contribution in [0, 0.1) is 25.7 Å². The number of carbonyl (C=O) groups excluding carboxylic acids is 3. The Labute approximate surface area is 164 Å². The molecule has 0 spiro atoms. The van der Waals surface area contributed by atoms with Crippen LogP contribution in [0.5, 0.6) is 0 Å². The Morgan fingerprint density at radius 2 is 1.50 bits per heavy atom. The van der Waals surface area contributed by atoms with Gasteiger partial charge in [-0.1, -0.05) is 18.9 Å². The van der Waals surface area contributed by atoms with Crippen LogP contribution in [0.4, 0.5) is 11.4 Å². The average Bonchev–Trinajstić information content (AvgIpc) is 2.96. The van der Waals surface area contributed by atoms with E-state index in [0.29, 0.717) is 11.3 Å². The average molecular weight is 376 g/mol. The van der Waals surface area contributed by atoms with Crippen LogP contribution < -0.4 is 10.2 Å². The Balaban J connectivity index is 1.50. The van der Waals surface area contributed by atoms with Crippen LogP contribution in [-0.4, -0.2) is 17.7 Å². The Kier molecular flexibility index (Phi) is 4.75. The summed E-state index contributed by atoms with van der Waals surface area (Å²) in [4.78, 5) is 39.2. The van der Waals surface area contributed by atoms with E-state index >= 15 is 0 Å². The van der Waals surface area contributed by atoms with Crippen molar-refractivity contribution in [2.24, 2.45) is 11.8 Å². The number of imide groups is 1. The Morgan fingerprint density at radius 3 is 2.07 bits per heavy atom. The molecule has 1 aliphatic carbocycles. The molecule has 1 saturated carbocycles. The van der Waals surface area contributed by atoms with E-state index in [0.717, 1.165) is 36.9 Å². The SMILES string of the molecule is Cc1ccc(NC(=O)c2ccc(N3C(=O)C4CCCCC4C3=O)cc2)cc1C. The number of nitrogens with one attached hydrogen (secondary N) is 1. The molecule has 2 aromatic rings. The van der Waals surface area contributed by atoms with E-state index in [1.54, 1.807) is 24.3 Å². The van der Waals surface area contributed by atoms with Crippen molar-refractivity contribution >= 4 is 29.1 Å². The summed E-state index contributed by atoms with van der Waals surface area (Å²) in [5.41, 5.74) is 4.06. The fraction of sp³-hybridized carbons (Fsp3) is 0.348. The monoisotopic (exact) mass is 376 g/mol. The first-order chi connectivity index (χ1) is 13.5. The van der Waals surface area contributed by atoms with Crippen molar-refractivity contribution in [1.82, 2.24) is 0 Å². The number of hydrogen-bond donors (Lipinski definition) is 1. The molecule has 5 nitrogen and oxygen atoms in total. The third-order valence-corrected chi connectivity index (χ3v) is 5.99. The number of aryl methyl sites for hydroxylation is 2. The van der Waals surface area contributed by atoms with Crippen LogP contribution in [0.1, 0.15) is 47.2 Å². The fourth-order valence-electron chi connectivity index (χ4n) is 4.20. The van der Waals surface area contributed by atoms with Crippen molar-refractivity contribution < 1.29 is 14.4 Å².